The smallest absolute Gasteiger partial charge is 0.285 e. The van der Waals surface area contributed by atoms with Crippen LogP contribution >= 0.6 is 39.9 Å². The van der Waals surface area contributed by atoms with Crippen molar-refractivity contribution in [3.63, 3.8) is 0 Å². The van der Waals surface area contributed by atoms with Gasteiger partial charge in [-0.3, -0.25) is 15.0 Å². The highest BCUT2D eigenvalue weighted by Crippen LogP contribution is 2.31. The second-order valence-corrected chi connectivity index (χ2v) is 7.18. The molecule has 1 saturated heterocycles. The number of benzene rings is 1. The maximum absolute atomic E-state index is 12.4. The van der Waals surface area contributed by atoms with E-state index < -0.39 is 5.91 Å². The number of hydrogen-bond donors (Lipinski definition) is 2. The van der Waals surface area contributed by atoms with Gasteiger partial charge < -0.3 is 4.98 Å². The van der Waals surface area contributed by atoms with Crippen LogP contribution in [0.1, 0.15) is 16.1 Å². The fourth-order valence-corrected chi connectivity index (χ4v) is 3.34. The highest BCUT2D eigenvalue weighted by Gasteiger charge is 2.33. The van der Waals surface area contributed by atoms with Crippen LogP contribution in [-0.4, -0.2) is 26.1 Å². The predicted octanol–water partition coefficient (Wildman–Crippen LogP) is 3.32. The van der Waals surface area contributed by atoms with Crippen molar-refractivity contribution in [3.05, 3.63) is 63.2 Å². The van der Waals surface area contributed by atoms with Gasteiger partial charge in [-0.1, -0.05) is 27.7 Å². The molecule has 2 amide bonds. The van der Waals surface area contributed by atoms with Gasteiger partial charge in [-0.05, 0) is 54.7 Å². The fourth-order valence-electron chi connectivity index (χ4n) is 1.91. The van der Waals surface area contributed by atoms with Gasteiger partial charge >= 0.3 is 0 Å². The van der Waals surface area contributed by atoms with Crippen LogP contribution in [0.4, 0.5) is 0 Å². The number of aromatic nitrogens is 1. The van der Waals surface area contributed by atoms with Crippen molar-refractivity contribution in [2.75, 3.05) is 0 Å². The number of aromatic amines is 1. The number of thioether (sulfide) groups is 1. The van der Waals surface area contributed by atoms with Crippen molar-refractivity contribution in [1.82, 2.24) is 15.4 Å². The summed E-state index contributed by atoms with van der Waals surface area (Å²) in [4.78, 5) is 28.0. The molecule has 1 aromatic carbocycles. The van der Waals surface area contributed by atoms with Crippen molar-refractivity contribution in [2.45, 2.75) is 0 Å². The molecule has 0 bridgehead atoms. The Morgan fingerprint density at radius 1 is 1.30 bits per heavy atom. The van der Waals surface area contributed by atoms with Crippen molar-refractivity contribution in [3.8, 4) is 0 Å². The fraction of sp³-hybridized carbons (Fsp3) is 0. The summed E-state index contributed by atoms with van der Waals surface area (Å²) in [6.07, 6.45) is 3.47. The largest absolute Gasteiger partial charge is 0.362 e. The molecule has 0 spiro atoms. The van der Waals surface area contributed by atoms with Crippen LogP contribution in [0.3, 0.4) is 0 Å². The molecule has 23 heavy (non-hydrogen) atoms. The maximum Gasteiger partial charge on any atom is 0.285 e. The highest BCUT2D eigenvalue weighted by atomic mass is 79.9. The minimum absolute atomic E-state index is 0.290. The van der Waals surface area contributed by atoms with Crippen LogP contribution in [0, 0.1) is 0 Å². The number of hydrazine groups is 1. The van der Waals surface area contributed by atoms with E-state index in [1.54, 1.807) is 36.5 Å². The van der Waals surface area contributed by atoms with Gasteiger partial charge in [-0.2, -0.15) is 5.01 Å². The van der Waals surface area contributed by atoms with E-state index in [9.17, 15) is 9.59 Å². The zero-order valence-corrected chi connectivity index (χ0v) is 14.8. The Balaban J connectivity index is 1.75. The number of amides is 2. The molecule has 0 atom stereocenters. The summed E-state index contributed by atoms with van der Waals surface area (Å²) in [5.41, 5.74) is 3.78. The summed E-state index contributed by atoms with van der Waals surface area (Å²) in [5, 5.41) is 1.10. The third-order valence-corrected chi connectivity index (χ3v) is 4.85. The minimum Gasteiger partial charge on any atom is -0.362 e. The quantitative estimate of drug-likeness (QED) is 0.604. The predicted molar refractivity (Wildman–Crippen MR) is 97.4 cm³/mol. The number of rotatable bonds is 3. The SMILES string of the molecule is O=C(NN1C(=O)/C(=C\c2ccc[nH]2)SC1=S)c1ccc(Br)cc1. The van der Waals surface area contributed by atoms with E-state index in [-0.39, 0.29) is 5.91 Å². The van der Waals surface area contributed by atoms with Crippen molar-refractivity contribution in [2.24, 2.45) is 0 Å². The highest BCUT2D eigenvalue weighted by molar-refractivity contribution is 9.10. The standard InChI is InChI=1S/C15H10BrN3O2S2/c16-10-5-3-9(4-6-10)13(20)18-19-14(21)12(23-15(19)22)8-11-2-1-7-17-11/h1-8,17H,(H,18,20)/b12-8+. The third-order valence-electron chi connectivity index (χ3n) is 3.02. The number of hydrogen-bond acceptors (Lipinski definition) is 4. The van der Waals surface area contributed by atoms with Crippen molar-refractivity contribution >= 4 is 62.1 Å². The lowest BCUT2D eigenvalue weighted by atomic mass is 10.2. The van der Waals surface area contributed by atoms with E-state index in [2.05, 4.69) is 26.3 Å². The molecule has 0 radical (unpaired) electrons. The molecular weight excluding hydrogens is 398 g/mol. The summed E-state index contributed by atoms with van der Waals surface area (Å²) in [6.45, 7) is 0. The van der Waals surface area contributed by atoms with Gasteiger partial charge in [-0.15, -0.1) is 0 Å². The second-order valence-electron chi connectivity index (χ2n) is 4.59. The number of nitrogens with zero attached hydrogens (tertiary/aromatic N) is 1. The second kappa shape index (κ2) is 6.69. The Bertz CT molecular complexity index is 801. The first kappa shape index (κ1) is 16.0. The van der Waals surface area contributed by atoms with E-state index >= 15 is 0 Å². The number of carbonyl (C=O) groups excluding carboxylic acids is 2. The van der Waals surface area contributed by atoms with Gasteiger partial charge in [0.25, 0.3) is 11.8 Å². The Hall–Kier alpha value is -1.90. The topological polar surface area (TPSA) is 65.2 Å². The first-order chi connectivity index (χ1) is 11.0. The molecule has 0 unspecified atom stereocenters. The van der Waals surface area contributed by atoms with Gasteiger partial charge in [0.05, 0.1) is 4.91 Å². The van der Waals surface area contributed by atoms with E-state index in [1.165, 1.54) is 0 Å². The zero-order chi connectivity index (χ0) is 16.4. The number of thiocarbonyl (C=S) groups is 1. The minimum atomic E-state index is -0.394. The molecule has 2 heterocycles. The molecule has 3 rings (SSSR count). The van der Waals surface area contributed by atoms with Crippen molar-refractivity contribution < 1.29 is 9.59 Å². The Morgan fingerprint density at radius 3 is 2.70 bits per heavy atom. The van der Waals surface area contributed by atoms with Gasteiger partial charge in [0.1, 0.15) is 0 Å². The summed E-state index contributed by atoms with van der Waals surface area (Å²) in [6, 6.07) is 10.5. The summed E-state index contributed by atoms with van der Waals surface area (Å²) >= 11 is 9.63. The van der Waals surface area contributed by atoms with E-state index in [1.807, 2.05) is 12.1 Å². The van der Waals surface area contributed by atoms with Crippen LogP contribution in [-0.2, 0) is 4.79 Å². The van der Waals surface area contributed by atoms with Crippen LogP contribution in [0.25, 0.3) is 6.08 Å². The number of halogens is 1. The van der Waals surface area contributed by atoms with E-state index in [0.29, 0.717) is 14.8 Å². The number of H-pyrrole nitrogens is 1. The molecule has 8 heteroatoms. The lowest BCUT2D eigenvalue weighted by molar-refractivity contribution is -0.123. The molecule has 1 fully saturated rings. The van der Waals surface area contributed by atoms with Crippen LogP contribution in [0.5, 0.6) is 0 Å². The molecule has 116 valence electrons. The molecule has 2 aromatic rings. The Labute approximate surface area is 150 Å². The molecule has 5 nitrogen and oxygen atoms in total. The van der Waals surface area contributed by atoms with Crippen LogP contribution in [0.2, 0.25) is 0 Å². The summed E-state index contributed by atoms with van der Waals surface area (Å²) in [7, 11) is 0. The van der Waals surface area contributed by atoms with Gasteiger partial charge in [-0.25, -0.2) is 0 Å². The molecule has 1 aromatic heterocycles. The Kier molecular flexibility index (Phi) is 4.65. The van der Waals surface area contributed by atoms with Crippen molar-refractivity contribution in [1.29, 1.82) is 0 Å². The maximum atomic E-state index is 12.4. The van der Waals surface area contributed by atoms with Crippen LogP contribution < -0.4 is 5.43 Å². The lowest BCUT2D eigenvalue weighted by Crippen LogP contribution is -2.44. The molecular formula is C15H10BrN3O2S2. The third kappa shape index (κ3) is 3.54. The zero-order valence-electron chi connectivity index (χ0n) is 11.6. The first-order valence-corrected chi connectivity index (χ1v) is 8.54. The summed E-state index contributed by atoms with van der Waals surface area (Å²) in [5.74, 6) is -0.741. The number of nitrogens with one attached hydrogen (secondary N) is 2. The molecule has 1 aliphatic rings. The Morgan fingerprint density at radius 2 is 2.04 bits per heavy atom. The molecule has 0 saturated carbocycles. The molecule has 1 aliphatic heterocycles. The summed E-state index contributed by atoms with van der Waals surface area (Å²) < 4.78 is 1.16. The monoisotopic (exact) mass is 407 g/mol. The van der Waals surface area contributed by atoms with E-state index in [4.69, 9.17) is 12.2 Å². The van der Waals surface area contributed by atoms with Gasteiger partial charge in [0.2, 0.25) is 0 Å². The van der Waals surface area contributed by atoms with Gasteiger partial charge in [0.15, 0.2) is 4.32 Å². The molecule has 0 aliphatic carbocycles. The average Bonchev–Trinajstić information content (AvgIpc) is 3.12. The normalized spacial score (nSPS) is 16.2. The van der Waals surface area contributed by atoms with Crippen LogP contribution in [0.15, 0.2) is 52.0 Å². The first-order valence-electron chi connectivity index (χ1n) is 6.52. The van der Waals surface area contributed by atoms with Gasteiger partial charge in [0, 0.05) is 21.9 Å². The number of carbonyl (C=O) groups is 2. The lowest BCUT2D eigenvalue weighted by Gasteiger charge is -2.15. The average molecular weight is 408 g/mol. The van der Waals surface area contributed by atoms with E-state index in [0.717, 1.165) is 26.9 Å². The molecule has 2 N–H and O–H groups in total.